The van der Waals surface area contributed by atoms with Gasteiger partial charge < -0.3 is 5.32 Å². The van der Waals surface area contributed by atoms with Gasteiger partial charge in [0.15, 0.2) is 0 Å². The van der Waals surface area contributed by atoms with Crippen molar-refractivity contribution in [3.8, 4) is 0 Å². The summed E-state index contributed by atoms with van der Waals surface area (Å²) in [6, 6.07) is 7.58. The zero-order valence-corrected chi connectivity index (χ0v) is 12.9. The zero-order chi connectivity index (χ0) is 13.8. The second-order valence-corrected chi connectivity index (χ2v) is 6.08. The van der Waals surface area contributed by atoms with E-state index in [9.17, 15) is 0 Å². The Labute approximate surface area is 118 Å². The average Bonchev–Trinajstić information content (AvgIpc) is 2.37. The maximum Gasteiger partial charge on any atom is 0.0233 e. The molecule has 1 heterocycles. The molecule has 106 valence electrons. The lowest BCUT2D eigenvalue weighted by atomic mass is 9.93. The van der Waals surface area contributed by atoms with Crippen LogP contribution in [0.1, 0.15) is 37.0 Å². The van der Waals surface area contributed by atoms with Crippen molar-refractivity contribution in [1.82, 2.24) is 10.2 Å². The lowest BCUT2D eigenvalue weighted by Gasteiger charge is -2.37. The molecule has 2 nitrogen and oxygen atoms in total. The van der Waals surface area contributed by atoms with Crippen LogP contribution in [0.4, 0.5) is 0 Å². The van der Waals surface area contributed by atoms with E-state index in [2.05, 4.69) is 56.1 Å². The van der Waals surface area contributed by atoms with E-state index in [0.29, 0.717) is 6.04 Å². The number of aryl methyl sites for hydroxylation is 2. The minimum absolute atomic E-state index is 0.709. The molecule has 0 radical (unpaired) electrons. The van der Waals surface area contributed by atoms with E-state index in [1.54, 1.807) is 0 Å². The number of nitrogens with one attached hydrogen (secondary N) is 1. The van der Waals surface area contributed by atoms with Gasteiger partial charge in [-0.25, -0.2) is 0 Å². The van der Waals surface area contributed by atoms with Crippen LogP contribution >= 0.6 is 0 Å². The van der Waals surface area contributed by atoms with E-state index in [-0.39, 0.29) is 0 Å². The van der Waals surface area contributed by atoms with Crippen LogP contribution in [0.3, 0.4) is 0 Å². The Hall–Kier alpha value is -0.860. The molecule has 2 rings (SSSR count). The van der Waals surface area contributed by atoms with Crippen LogP contribution in [-0.2, 0) is 6.54 Å². The molecule has 1 fully saturated rings. The maximum atomic E-state index is 3.61. The molecule has 1 aliphatic rings. The molecule has 2 atom stereocenters. The van der Waals surface area contributed by atoms with Crippen LogP contribution in [0, 0.1) is 19.8 Å². The number of likely N-dealkylation sites (tertiary alicyclic amines) is 1. The molecule has 0 aliphatic carbocycles. The molecule has 0 amide bonds. The maximum absolute atomic E-state index is 3.61. The van der Waals surface area contributed by atoms with E-state index in [1.165, 1.54) is 36.2 Å². The lowest BCUT2D eigenvalue weighted by Crippen LogP contribution is -2.47. The van der Waals surface area contributed by atoms with Crippen LogP contribution in [-0.4, -0.2) is 30.6 Å². The molecule has 2 heteroatoms. The number of hydrogen-bond donors (Lipinski definition) is 1. The topological polar surface area (TPSA) is 15.3 Å². The van der Waals surface area contributed by atoms with E-state index in [4.69, 9.17) is 0 Å². The van der Waals surface area contributed by atoms with Crippen LogP contribution in [0.15, 0.2) is 18.2 Å². The molecular formula is C17H28N2. The van der Waals surface area contributed by atoms with E-state index in [0.717, 1.165) is 19.0 Å². The van der Waals surface area contributed by atoms with Crippen molar-refractivity contribution in [3.63, 3.8) is 0 Å². The van der Waals surface area contributed by atoms with Gasteiger partial charge >= 0.3 is 0 Å². The fraction of sp³-hybridized carbons (Fsp3) is 0.647. The Balaban J connectivity index is 1.92. The van der Waals surface area contributed by atoms with Gasteiger partial charge in [-0.1, -0.05) is 32.0 Å². The first-order valence-electron chi connectivity index (χ1n) is 7.62. The van der Waals surface area contributed by atoms with E-state index >= 15 is 0 Å². The molecule has 1 aromatic carbocycles. The van der Waals surface area contributed by atoms with Gasteiger partial charge in [0.05, 0.1) is 0 Å². The molecule has 2 unspecified atom stereocenters. The van der Waals surface area contributed by atoms with Gasteiger partial charge in [-0.15, -0.1) is 0 Å². The molecular weight excluding hydrogens is 232 g/mol. The fourth-order valence-corrected chi connectivity index (χ4v) is 3.10. The Bertz CT molecular complexity index is 414. The number of nitrogens with zero attached hydrogens (tertiary/aromatic N) is 1. The first-order chi connectivity index (χ1) is 9.10. The van der Waals surface area contributed by atoms with Crippen molar-refractivity contribution in [3.05, 3.63) is 34.9 Å². The van der Waals surface area contributed by atoms with Crippen molar-refractivity contribution in [1.29, 1.82) is 0 Å². The van der Waals surface area contributed by atoms with Crippen LogP contribution in [0.25, 0.3) is 0 Å². The predicted octanol–water partition coefficient (Wildman–Crippen LogP) is 3.12. The fourth-order valence-electron chi connectivity index (χ4n) is 3.10. The zero-order valence-electron chi connectivity index (χ0n) is 12.9. The summed E-state index contributed by atoms with van der Waals surface area (Å²) in [7, 11) is 0. The van der Waals surface area contributed by atoms with E-state index < -0.39 is 0 Å². The number of hydrogen-bond acceptors (Lipinski definition) is 2. The molecule has 19 heavy (non-hydrogen) atoms. The molecule has 1 N–H and O–H groups in total. The summed E-state index contributed by atoms with van der Waals surface area (Å²) in [6.07, 6.45) is 1.28. The largest absolute Gasteiger partial charge is 0.314 e. The number of rotatable bonds is 4. The molecule has 1 saturated heterocycles. The standard InChI is InChI=1S/C17H28N2/c1-5-18-17-8-9-19(11-15(17)4)12-16-7-6-13(2)14(3)10-16/h6-7,10,15,17-18H,5,8-9,11-12H2,1-4H3. The molecule has 0 spiro atoms. The first-order valence-corrected chi connectivity index (χ1v) is 7.62. The van der Waals surface area contributed by atoms with Gasteiger partial charge in [0.25, 0.3) is 0 Å². The third-order valence-electron chi connectivity index (χ3n) is 4.43. The summed E-state index contributed by atoms with van der Waals surface area (Å²) in [4.78, 5) is 2.60. The molecule has 1 aliphatic heterocycles. The monoisotopic (exact) mass is 260 g/mol. The molecule has 0 bridgehead atoms. The minimum Gasteiger partial charge on any atom is -0.314 e. The van der Waals surface area contributed by atoms with Crippen molar-refractivity contribution in [2.24, 2.45) is 5.92 Å². The number of piperidine rings is 1. The van der Waals surface area contributed by atoms with Crippen LogP contribution in [0.2, 0.25) is 0 Å². The summed E-state index contributed by atoms with van der Waals surface area (Å²) < 4.78 is 0. The predicted molar refractivity (Wildman–Crippen MR) is 82.4 cm³/mol. The van der Waals surface area contributed by atoms with Gasteiger partial charge in [-0.05, 0) is 56.0 Å². The van der Waals surface area contributed by atoms with Crippen molar-refractivity contribution in [2.75, 3.05) is 19.6 Å². The highest BCUT2D eigenvalue weighted by molar-refractivity contribution is 5.29. The van der Waals surface area contributed by atoms with Gasteiger partial charge in [0, 0.05) is 19.1 Å². The van der Waals surface area contributed by atoms with Gasteiger partial charge in [-0.3, -0.25) is 4.90 Å². The summed E-state index contributed by atoms with van der Waals surface area (Å²) >= 11 is 0. The average molecular weight is 260 g/mol. The van der Waals surface area contributed by atoms with Crippen molar-refractivity contribution in [2.45, 2.75) is 46.7 Å². The molecule has 0 saturated carbocycles. The van der Waals surface area contributed by atoms with E-state index in [1.807, 2.05) is 0 Å². The quantitative estimate of drug-likeness (QED) is 0.895. The first kappa shape index (κ1) is 14.5. The summed E-state index contributed by atoms with van der Waals surface area (Å²) in [5, 5.41) is 3.61. The summed E-state index contributed by atoms with van der Waals surface area (Å²) in [5.74, 6) is 0.750. The molecule has 1 aromatic rings. The van der Waals surface area contributed by atoms with Crippen molar-refractivity contribution >= 4 is 0 Å². The Morgan fingerprint density at radius 1 is 1.26 bits per heavy atom. The Kier molecular flexibility index (Phi) is 5.00. The lowest BCUT2D eigenvalue weighted by molar-refractivity contribution is 0.142. The smallest absolute Gasteiger partial charge is 0.0233 e. The second kappa shape index (κ2) is 6.53. The third kappa shape index (κ3) is 3.80. The normalized spacial score (nSPS) is 24.6. The van der Waals surface area contributed by atoms with Gasteiger partial charge in [0.1, 0.15) is 0 Å². The minimum atomic E-state index is 0.709. The van der Waals surface area contributed by atoms with Gasteiger partial charge in [0.2, 0.25) is 0 Å². The SMILES string of the molecule is CCNC1CCN(Cc2ccc(C)c(C)c2)CC1C. The molecule has 0 aromatic heterocycles. The third-order valence-corrected chi connectivity index (χ3v) is 4.43. The van der Waals surface area contributed by atoms with Gasteiger partial charge in [-0.2, -0.15) is 0 Å². The van der Waals surface area contributed by atoms with Crippen molar-refractivity contribution < 1.29 is 0 Å². The highest BCUT2D eigenvalue weighted by atomic mass is 15.1. The summed E-state index contributed by atoms with van der Waals surface area (Å²) in [5.41, 5.74) is 4.26. The second-order valence-electron chi connectivity index (χ2n) is 6.08. The highest BCUT2D eigenvalue weighted by Gasteiger charge is 2.25. The number of benzene rings is 1. The summed E-state index contributed by atoms with van der Waals surface area (Å²) in [6.45, 7) is 13.6. The van der Waals surface area contributed by atoms with Crippen LogP contribution < -0.4 is 5.32 Å². The Morgan fingerprint density at radius 3 is 2.68 bits per heavy atom. The van der Waals surface area contributed by atoms with Crippen LogP contribution in [0.5, 0.6) is 0 Å². The highest BCUT2D eigenvalue weighted by Crippen LogP contribution is 2.19. The Morgan fingerprint density at radius 2 is 2.05 bits per heavy atom.